The largest absolute Gasteiger partial charge is 0.416 e. The van der Waals surface area contributed by atoms with Gasteiger partial charge in [0, 0.05) is 11.6 Å². The van der Waals surface area contributed by atoms with Crippen molar-refractivity contribution in [2.45, 2.75) is 19.0 Å². The van der Waals surface area contributed by atoms with Gasteiger partial charge in [0.25, 0.3) is 0 Å². The molecule has 104 valence electrons. The molecule has 1 amide bonds. The molecule has 0 atom stereocenters. The lowest BCUT2D eigenvalue weighted by Gasteiger charge is -2.21. The van der Waals surface area contributed by atoms with E-state index in [2.05, 4.69) is 10.6 Å². The normalized spacial score (nSPS) is 17.2. The number of carbonyl (C=O) groups excluding carboxylic acids is 1. The van der Waals surface area contributed by atoms with Gasteiger partial charge in [0.2, 0.25) is 5.91 Å². The van der Waals surface area contributed by atoms with Crippen LogP contribution in [0, 0.1) is 5.92 Å². The minimum atomic E-state index is -4.35. The van der Waals surface area contributed by atoms with E-state index in [1.807, 2.05) is 0 Å². The summed E-state index contributed by atoms with van der Waals surface area (Å²) in [5, 5.41) is 5.81. The molecule has 3 nitrogen and oxygen atoms in total. The summed E-state index contributed by atoms with van der Waals surface area (Å²) in [6, 6.07) is 4.50. The SMILES string of the molecule is O=C(Nc1ccc(C(F)(F)F)cc1)C1CCNCC1. The highest BCUT2D eigenvalue weighted by Crippen LogP contribution is 2.30. The molecule has 1 heterocycles. The van der Waals surface area contributed by atoms with Crippen LogP contribution >= 0.6 is 0 Å². The maximum atomic E-state index is 12.4. The van der Waals surface area contributed by atoms with E-state index in [-0.39, 0.29) is 11.8 Å². The summed E-state index contributed by atoms with van der Waals surface area (Å²) in [6.07, 6.45) is -2.84. The van der Waals surface area contributed by atoms with Crippen LogP contribution in [0.3, 0.4) is 0 Å². The van der Waals surface area contributed by atoms with Gasteiger partial charge in [0.1, 0.15) is 0 Å². The molecule has 0 aliphatic carbocycles. The van der Waals surface area contributed by atoms with Crippen LogP contribution in [0.1, 0.15) is 18.4 Å². The Bertz CT molecular complexity index is 436. The van der Waals surface area contributed by atoms with Gasteiger partial charge in [-0.2, -0.15) is 13.2 Å². The van der Waals surface area contributed by atoms with Crippen LogP contribution in [0.2, 0.25) is 0 Å². The summed E-state index contributed by atoms with van der Waals surface area (Å²) in [5.41, 5.74) is -0.316. The van der Waals surface area contributed by atoms with Crippen LogP contribution in [0.5, 0.6) is 0 Å². The molecule has 1 saturated heterocycles. The first-order valence-corrected chi connectivity index (χ1v) is 6.15. The number of rotatable bonds is 2. The van der Waals surface area contributed by atoms with Crippen molar-refractivity contribution in [2.24, 2.45) is 5.92 Å². The van der Waals surface area contributed by atoms with Crippen molar-refractivity contribution in [3.05, 3.63) is 29.8 Å². The number of anilines is 1. The first-order chi connectivity index (χ1) is 8.97. The van der Waals surface area contributed by atoms with E-state index in [0.29, 0.717) is 5.69 Å². The topological polar surface area (TPSA) is 41.1 Å². The molecular weight excluding hydrogens is 257 g/mol. The van der Waals surface area contributed by atoms with Gasteiger partial charge in [-0.25, -0.2) is 0 Å². The zero-order valence-electron chi connectivity index (χ0n) is 10.3. The smallest absolute Gasteiger partial charge is 0.326 e. The molecule has 0 aromatic heterocycles. The molecule has 1 aliphatic heterocycles. The summed E-state index contributed by atoms with van der Waals surface area (Å²) in [4.78, 5) is 11.9. The van der Waals surface area contributed by atoms with Crippen molar-refractivity contribution in [2.75, 3.05) is 18.4 Å². The van der Waals surface area contributed by atoms with E-state index in [1.165, 1.54) is 12.1 Å². The molecule has 1 aromatic carbocycles. The van der Waals surface area contributed by atoms with E-state index < -0.39 is 11.7 Å². The Hall–Kier alpha value is -1.56. The minimum Gasteiger partial charge on any atom is -0.326 e. The highest BCUT2D eigenvalue weighted by atomic mass is 19.4. The number of carbonyl (C=O) groups is 1. The van der Waals surface area contributed by atoms with Crippen molar-refractivity contribution in [3.63, 3.8) is 0 Å². The number of hydrogen-bond donors (Lipinski definition) is 2. The van der Waals surface area contributed by atoms with Crippen molar-refractivity contribution in [1.29, 1.82) is 0 Å². The monoisotopic (exact) mass is 272 g/mol. The molecule has 1 fully saturated rings. The highest BCUT2D eigenvalue weighted by Gasteiger charge is 2.30. The third-order valence-corrected chi connectivity index (χ3v) is 3.19. The van der Waals surface area contributed by atoms with E-state index in [4.69, 9.17) is 0 Å². The van der Waals surface area contributed by atoms with Crippen molar-refractivity contribution < 1.29 is 18.0 Å². The molecule has 0 saturated carbocycles. The maximum Gasteiger partial charge on any atom is 0.416 e. The second-order valence-electron chi connectivity index (χ2n) is 4.59. The summed E-state index contributed by atoms with van der Waals surface area (Å²) in [5.74, 6) is -0.190. The average molecular weight is 272 g/mol. The Kier molecular flexibility index (Phi) is 4.09. The first-order valence-electron chi connectivity index (χ1n) is 6.15. The van der Waals surface area contributed by atoms with Crippen LogP contribution in [0.4, 0.5) is 18.9 Å². The summed E-state index contributed by atoms with van der Waals surface area (Å²) >= 11 is 0. The Morgan fingerprint density at radius 3 is 2.26 bits per heavy atom. The first kappa shape index (κ1) is 13.9. The van der Waals surface area contributed by atoms with Gasteiger partial charge in [-0.05, 0) is 50.2 Å². The van der Waals surface area contributed by atoms with Crippen LogP contribution in [-0.4, -0.2) is 19.0 Å². The molecule has 0 spiro atoms. The maximum absolute atomic E-state index is 12.4. The minimum absolute atomic E-state index is 0.0662. The summed E-state index contributed by atoms with van der Waals surface area (Å²) in [6.45, 7) is 1.59. The van der Waals surface area contributed by atoms with Crippen LogP contribution in [0.25, 0.3) is 0 Å². The lowest BCUT2D eigenvalue weighted by molar-refractivity contribution is -0.137. The molecule has 0 bridgehead atoms. The van der Waals surface area contributed by atoms with Gasteiger partial charge in [-0.15, -0.1) is 0 Å². The fourth-order valence-electron chi connectivity index (χ4n) is 2.07. The lowest BCUT2D eigenvalue weighted by atomic mass is 9.97. The zero-order chi connectivity index (χ0) is 13.9. The lowest BCUT2D eigenvalue weighted by Crippen LogP contribution is -2.34. The number of alkyl halides is 3. The summed E-state index contributed by atoms with van der Waals surface area (Å²) < 4.78 is 37.1. The Labute approximate surface area is 109 Å². The third-order valence-electron chi connectivity index (χ3n) is 3.19. The van der Waals surface area contributed by atoms with Crippen LogP contribution in [-0.2, 0) is 11.0 Å². The fourth-order valence-corrected chi connectivity index (χ4v) is 2.07. The van der Waals surface area contributed by atoms with Crippen molar-refractivity contribution in [1.82, 2.24) is 5.32 Å². The molecule has 0 radical (unpaired) electrons. The second kappa shape index (κ2) is 5.61. The Morgan fingerprint density at radius 1 is 1.16 bits per heavy atom. The standard InChI is InChI=1S/C13H15F3N2O/c14-13(15,16)10-1-3-11(4-2-10)18-12(19)9-5-7-17-8-6-9/h1-4,9,17H,5-8H2,(H,18,19). The highest BCUT2D eigenvalue weighted by molar-refractivity contribution is 5.92. The second-order valence-corrected chi connectivity index (χ2v) is 4.59. The number of amides is 1. The van der Waals surface area contributed by atoms with Crippen LogP contribution < -0.4 is 10.6 Å². The Morgan fingerprint density at radius 2 is 1.74 bits per heavy atom. The third kappa shape index (κ3) is 3.70. The Balaban J connectivity index is 1.97. The van der Waals surface area contributed by atoms with Gasteiger partial charge in [-0.3, -0.25) is 4.79 Å². The number of halogens is 3. The zero-order valence-corrected chi connectivity index (χ0v) is 10.3. The van der Waals surface area contributed by atoms with Gasteiger partial charge in [-0.1, -0.05) is 0 Å². The van der Waals surface area contributed by atoms with Crippen LogP contribution in [0.15, 0.2) is 24.3 Å². The summed E-state index contributed by atoms with van der Waals surface area (Å²) in [7, 11) is 0. The molecule has 19 heavy (non-hydrogen) atoms. The molecule has 0 unspecified atom stereocenters. The molecule has 2 N–H and O–H groups in total. The van der Waals surface area contributed by atoms with E-state index in [0.717, 1.165) is 38.1 Å². The number of benzene rings is 1. The van der Waals surface area contributed by atoms with E-state index in [1.54, 1.807) is 0 Å². The van der Waals surface area contributed by atoms with E-state index in [9.17, 15) is 18.0 Å². The molecular formula is C13H15F3N2O. The predicted octanol–water partition coefficient (Wildman–Crippen LogP) is 2.64. The molecule has 2 rings (SSSR count). The number of piperidine rings is 1. The fraction of sp³-hybridized carbons (Fsp3) is 0.462. The quantitative estimate of drug-likeness (QED) is 0.869. The molecule has 1 aliphatic rings. The van der Waals surface area contributed by atoms with Gasteiger partial charge in [0.05, 0.1) is 5.56 Å². The molecule has 6 heteroatoms. The number of hydrogen-bond acceptors (Lipinski definition) is 2. The average Bonchev–Trinajstić information content (AvgIpc) is 2.39. The van der Waals surface area contributed by atoms with E-state index >= 15 is 0 Å². The predicted molar refractivity (Wildman–Crippen MR) is 65.7 cm³/mol. The van der Waals surface area contributed by atoms with Gasteiger partial charge in [0.15, 0.2) is 0 Å². The molecule has 1 aromatic rings. The van der Waals surface area contributed by atoms with Crippen molar-refractivity contribution in [3.8, 4) is 0 Å². The van der Waals surface area contributed by atoms with Crippen molar-refractivity contribution >= 4 is 11.6 Å². The van der Waals surface area contributed by atoms with Gasteiger partial charge >= 0.3 is 6.18 Å². The van der Waals surface area contributed by atoms with Gasteiger partial charge < -0.3 is 10.6 Å². The number of nitrogens with one attached hydrogen (secondary N) is 2.